The Kier molecular flexibility index (Phi) is 2.71. The first-order valence-corrected chi connectivity index (χ1v) is 5.24. The third-order valence-electron chi connectivity index (χ3n) is 2.79. The fourth-order valence-electron chi connectivity index (χ4n) is 2.02. The highest BCUT2D eigenvalue weighted by atomic mass is 19.1. The first-order chi connectivity index (χ1) is 7.18. The van der Waals surface area contributed by atoms with Gasteiger partial charge in [-0.3, -0.25) is 4.79 Å². The molecule has 0 amide bonds. The highest BCUT2D eigenvalue weighted by Gasteiger charge is 2.18. The molecule has 1 aliphatic rings. The second-order valence-electron chi connectivity index (χ2n) is 3.91. The Morgan fingerprint density at radius 1 is 1.33 bits per heavy atom. The van der Waals surface area contributed by atoms with Crippen molar-refractivity contribution in [3.8, 4) is 0 Å². The second-order valence-corrected chi connectivity index (χ2v) is 3.91. The summed E-state index contributed by atoms with van der Waals surface area (Å²) in [7, 11) is 0. The Bertz CT molecular complexity index is 383. The molecule has 1 aromatic carbocycles. The van der Waals surface area contributed by atoms with E-state index in [1.54, 1.807) is 6.07 Å². The zero-order chi connectivity index (χ0) is 10.8. The number of halogens is 1. The van der Waals surface area contributed by atoms with Crippen molar-refractivity contribution in [3.63, 3.8) is 0 Å². The Morgan fingerprint density at radius 2 is 2.00 bits per heavy atom. The maximum atomic E-state index is 13.1. The summed E-state index contributed by atoms with van der Waals surface area (Å²) >= 11 is 0. The first kappa shape index (κ1) is 10.1. The molecule has 2 nitrogen and oxygen atoms in total. The van der Waals surface area contributed by atoms with Crippen LogP contribution in [0.4, 0.5) is 10.1 Å². The molecule has 3 heteroatoms. The van der Waals surface area contributed by atoms with Gasteiger partial charge in [-0.1, -0.05) is 0 Å². The van der Waals surface area contributed by atoms with Gasteiger partial charge in [0.25, 0.3) is 0 Å². The van der Waals surface area contributed by atoms with Gasteiger partial charge in [-0.05, 0) is 38.0 Å². The molecule has 0 aliphatic carbocycles. The number of nitrogens with zero attached hydrogens (tertiary/aromatic N) is 1. The minimum atomic E-state index is -0.276. The molecule has 1 aliphatic heterocycles. The van der Waals surface area contributed by atoms with Gasteiger partial charge in [-0.15, -0.1) is 0 Å². The van der Waals surface area contributed by atoms with Crippen molar-refractivity contribution in [3.05, 3.63) is 29.6 Å². The van der Waals surface area contributed by atoms with Crippen LogP contribution in [0.1, 0.15) is 30.1 Å². The molecule has 1 aromatic rings. The van der Waals surface area contributed by atoms with Crippen molar-refractivity contribution in [2.45, 2.75) is 19.8 Å². The average Bonchev–Trinajstić information content (AvgIpc) is 2.69. The van der Waals surface area contributed by atoms with Crippen LogP contribution in [0.2, 0.25) is 0 Å². The summed E-state index contributed by atoms with van der Waals surface area (Å²) < 4.78 is 13.1. The van der Waals surface area contributed by atoms with Gasteiger partial charge in [0.2, 0.25) is 0 Å². The van der Waals surface area contributed by atoms with E-state index in [0.29, 0.717) is 5.56 Å². The summed E-state index contributed by atoms with van der Waals surface area (Å²) in [6, 6.07) is 4.38. The van der Waals surface area contributed by atoms with Crippen molar-refractivity contribution in [2.75, 3.05) is 18.0 Å². The molecule has 15 heavy (non-hydrogen) atoms. The predicted octanol–water partition coefficient (Wildman–Crippen LogP) is 2.63. The van der Waals surface area contributed by atoms with E-state index in [2.05, 4.69) is 4.90 Å². The molecular formula is C12H14FNO. The van der Waals surface area contributed by atoms with Crippen LogP contribution in [0.15, 0.2) is 18.2 Å². The molecule has 0 radical (unpaired) electrons. The zero-order valence-electron chi connectivity index (χ0n) is 8.79. The molecule has 2 rings (SSSR count). The molecule has 1 fully saturated rings. The van der Waals surface area contributed by atoms with Crippen LogP contribution in [0.3, 0.4) is 0 Å². The number of hydrogen-bond donors (Lipinski definition) is 0. The minimum absolute atomic E-state index is 0.00287. The van der Waals surface area contributed by atoms with Crippen LogP contribution in [-0.4, -0.2) is 18.9 Å². The number of carbonyl (C=O) groups is 1. The molecule has 0 N–H and O–H groups in total. The standard InChI is InChI=1S/C12H14FNO/c1-9(15)11-5-4-10(13)8-12(11)14-6-2-3-7-14/h4-5,8H,2-3,6-7H2,1H3. The van der Waals surface area contributed by atoms with E-state index in [-0.39, 0.29) is 11.6 Å². The summed E-state index contributed by atoms with van der Waals surface area (Å²) in [4.78, 5) is 13.5. The molecule has 0 atom stereocenters. The van der Waals surface area contributed by atoms with Crippen molar-refractivity contribution in [1.29, 1.82) is 0 Å². The van der Waals surface area contributed by atoms with E-state index in [4.69, 9.17) is 0 Å². The number of rotatable bonds is 2. The van der Waals surface area contributed by atoms with Gasteiger partial charge >= 0.3 is 0 Å². The lowest BCUT2D eigenvalue weighted by Gasteiger charge is -2.20. The Balaban J connectivity index is 2.41. The van der Waals surface area contributed by atoms with Gasteiger partial charge in [0.15, 0.2) is 5.78 Å². The van der Waals surface area contributed by atoms with E-state index in [1.165, 1.54) is 19.1 Å². The molecule has 1 heterocycles. The zero-order valence-corrected chi connectivity index (χ0v) is 8.79. The lowest BCUT2D eigenvalue weighted by Crippen LogP contribution is -2.20. The summed E-state index contributed by atoms with van der Waals surface area (Å²) in [6.45, 7) is 3.36. The normalized spacial score (nSPS) is 15.7. The van der Waals surface area contributed by atoms with Gasteiger partial charge < -0.3 is 4.90 Å². The number of benzene rings is 1. The monoisotopic (exact) mass is 207 g/mol. The van der Waals surface area contributed by atoms with Crippen LogP contribution in [-0.2, 0) is 0 Å². The lowest BCUT2D eigenvalue weighted by atomic mass is 10.1. The molecule has 0 aromatic heterocycles. The molecule has 0 spiro atoms. The maximum absolute atomic E-state index is 13.1. The number of anilines is 1. The molecule has 1 saturated heterocycles. The Morgan fingerprint density at radius 3 is 2.60 bits per heavy atom. The van der Waals surface area contributed by atoms with E-state index in [0.717, 1.165) is 31.6 Å². The van der Waals surface area contributed by atoms with Gasteiger partial charge in [0.1, 0.15) is 5.82 Å². The fraction of sp³-hybridized carbons (Fsp3) is 0.417. The third-order valence-corrected chi connectivity index (χ3v) is 2.79. The number of Topliss-reactive ketones (excluding diaryl/α,β-unsaturated/α-hetero) is 1. The SMILES string of the molecule is CC(=O)c1ccc(F)cc1N1CCCC1. The van der Waals surface area contributed by atoms with Crippen molar-refractivity contribution < 1.29 is 9.18 Å². The van der Waals surface area contributed by atoms with Crippen molar-refractivity contribution >= 4 is 11.5 Å². The van der Waals surface area contributed by atoms with Gasteiger partial charge in [-0.25, -0.2) is 4.39 Å². The Labute approximate surface area is 88.7 Å². The van der Waals surface area contributed by atoms with Crippen LogP contribution in [0, 0.1) is 5.82 Å². The topological polar surface area (TPSA) is 20.3 Å². The van der Waals surface area contributed by atoms with Gasteiger partial charge in [-0.2, -0.15) is 0 Å². The lowest BCUT2D eigenvalue weighted by molar-refractivity contribution is 0.101. The van der Waals surface area contributed by atoms with E-state index >= 15 is 0 Å². The second kappa shape index (κ2) is 4.01. The predicted molar refractivity (Wildman–Crippen MR) is 57.9 cm³/mol. The number of hydrogen-bond acceptors (Lipinski definition) is 2. The van der Waals surface area contributed by atoms with E-state index in [1.807, 2.05) is 0 Å². The largest absolute Gasteiger partial charge is 0.371 e. The number of carbonyl (C=O) groups excluding carboxylic acids is 1. The maximum Gasteiger partial charge on any atom is 0.161 e. The fourth-order valence-corrected chi connectivity index (χ4v) is 2.02. The van der Waals surface area contributed by atoms with Crippen molar-refractivity contribution in [2.24, 2.45) is 0 Å². The van der Waals surface area contributed by atoms with Crippen LogP contribution in [0.25, 0.3) is 0 Å². The molecule has 80 valence electrons. The van der Waals surface area contributed by atoms with E-state index < -0.39 is 0 Å². The summed E-state index contributed by atoms with van der Waals surface area (Å²) in [5.74, 6) is -0.279. The Hall–Kier alpha value is -1.38. The third kappa shape index (κ3) is 2.01. The van der Waals surface area contributed by atoms with Crippen molar-refractivity contribution in [1.82, 2.24) is 0 Å². The van der Waals surface area contributed by atoms with Crippen LogP contribution >= 0.6 is 0 Å². The summed E-state index contributed by atoms with van der Waals surface area (Å²) in [6.07, 6.45) is 2.24. The molecule has 0 unspecified atom stereocenters. The molecular weight excluding hydrogens is 193 g/mol. The highest BCUT2D eigenvalue weighted by molar-refractivity contribution is 5.99. The van der Waals surface area contributed by atoms with E-state index in [9.17, 15) is 9.18 Å². The molecule has 0 saturated carbocycles. The number of ketones is 1. The van der Waals surface area contributed by atoms with Gasteiger partial charge in [0, 0.05) is 18.7 Å². The van der Waals surface area contributed by atoms with Crippen LogP contribution < -0.4 is 4.90 Å². The first-order valence-electron chi connectivity index (χ1n) is 5.24. The van der Waals surface area contributed by atoms with Crippen LogP contribution in [0.5, 0.6) is 0 Å². The summed E-state index contributed by atoms with van der Waals surface area (Å²) in [5, 5.41) is 0. The smallest absolute Gasteiger partial charge is 0.161 e. The average molecular weight is 207 g/mol. The summed E-state index contributed by atoms with van der Waals surface area (Å²) in [5.41, 5.74) is 1.37. The highest BCUT2D eigenvalue weighted by Crippen LogP contribution is 2.25. The van der Waals surface area contributed by atoms with Gasteiger partial charge in [0.05, 0.1) is 5.69 Å². The molecule has 0 bridgehead atoms. The quantitative estimate of drug-likeness (QED) is 0.695. The minimum Gasteiger partial charge on any atom is -0.371 e.